The highest BCUT2D eigenvalue weighted by Gasteiger charge is 2.33. The fourth-order valence-corrected chi connectivity index (χ4v) is 2.96. The summed E-state index contributed by atoms with van der Waals surface area (Å²) in [5.74, 6) is 0. The Hall–Kier alpha value is -0.980. The van der Waals surface area contributed by atoms with Gasteiger partial charge in [-0.15, -0.1) is 5.10 Å². The highest BCUT2D eigenvalue weighted by molar-refractivity contribution is 4.92. The first-order valence-electron chi connectivity index (χ1n) is 7.69. The Balaban J connectivity index is 1.44. The van der Waals surface area contributed by atoms with Crippen molar-refractivity contribution >= 4 is 0 Å². The molecule has 3 rings (SSSR count). The topological polar surface area (TPSA) is 55.2 Å². The molecule has 20 heavy (non-hydrogen) atoms. The standard InChI is InChI=1S/C14H25N5O/c1-11(2)15-7-12-8-19(17-16-12)6-5-18-9-13-3-4-14(10-18)20-13/h8,11,13-15H,3-7,9-10H2,1-2H3. The summed E-state index contributed by atoms with van der Waals surface area (Å²) in [6.07, 6.45) is 5.45. The van der Waals surface area contributed by atoms with Gasteiger partial charge in [-0.1, -0.05) is 19.1 Å². The van der Waals surface area contributed by atoms with Crippen molar-refractivity contribution in [3.63, 3.8) is 0 Å². The summed E-state index contributed by atoms with van der Waals surface area (Å²) in [6, 6.07) is 0.476. The van der Waals surface area contributed by atoms with Crippen molar-refractivity contribution in [2.75, 3.05) is 19.6 Å². The maximum absolute atomic E-state index is 5.85. The summed E-state index contributed by atoms with van der Waals surface area (Å²) in [4.78, 5) is 2.50. The zero-order chi connectivity index (χ0) is 13.9. The van der Waals surface area contributed by atoms with Crippen LogP contribution >= 0.6 is 0 Å². The molecule has 2 aliphatic rings. The zero-order valence-electron chi connectivity index (χ0n) is 12.5. The number of ether oxygens (including phenoxy) is 1. The van der Waals surface area contributed by atoms with Crippen molar-refractivity contribution in [3.8, 4) is 0 Å². The van der Waals surface area contributed by atoms with Crippen molar-refractivity contribution in [3.05, 3.63) is 11.9 Å². The molecule has 1 N–H and O–H groups in total. The minimum absolute atomic E-state index is 0.468. The Morgan fingerprint density at radius 2 is 2.05 bits per heavy atom. The van der Waals surface area contributed by atoms with Crippen molar-refractivity contribution in [1.29, 1.82) is 0 Å². The number of fused-ring (bicyclic) bond motifs is 2. The Labute approximate surface area is 120 Å². The molecule has 3 heterocycles. The third kappa shape index (κ3) is 3.56. The normalized spacial score (nSPS) is 26.6. The lowest BCUT2D eigenvalue weighted by atomic mass is 10.2. The second-order valence-electron chi connectivity index (χ2n) is 6.23. The van der Waals surface area contributed by atoms with Gasteiger partial charge in [-0.2, -0.15) is 0 Å². The number of rotatable bonds is 6. The van der Waals surface area contributed by atoms with Gasteiger partial charge >= 0.3 is 0 Å². The van der Waals surface area contributed by atoms with Gasteiger partial charge in [0, 0.05) is 38.4 Å². The van der Waals surface area contributed by atoms with Crippen LogP contribution in [0.4, 0.5) is 0 Å². The Kier molecular flexibility index (Phi) is 4.33. The number of likely N-dealkylation sites (tertiary alicyclic amines) is 1. The van der Waals surface area contributed by atoms with E-state index in [-0.39, 0.29) is 0 Å². The maximum atomic E-state index is 5.85. The SMILES string of the molecule is CC(C)NCc1cn(CCN2CC3CCC(C2)O3)nn1. The van der Waals surface area contributed by atoms with Crippen LogP contribution < -0.4 is 5.32 Å². The summed E-state index contributed by atoms with van der Waals surface area (Å²) in [5.41, 5.74) is 1.01. The van der Waals surface area contributed by atoms with Gasteiger partial charge in [-0.05, 0) is 12.8 Å². The molecule has 0 radical (unpaired) electrons. The molecule has 6 nitrogen and oxygen atoms in total. The van der Waals surface area contributed by atoms with Gasteiger partial charge in [0.05, 0.1) is 24.4 Å². The molecule has 0 aromatic carbocycles. The molecule has 2 unspecified atom stereocenters. The number of hydrogen-bond acceptors (Lipinski definition) is 5. The number of hydrogen-bond donors (Lipinski definition) is 1. The van der Waals surface area contributed by atoms with Crippen molar-refractivity contribution < 1.29 is 4.74 Å². The largest absolute Gasteiger partial charge is 0.372 e. The van der Waals surface area contributed by atoms with Gasteiger partial charge in [0.1, 0.15) is 0 Å². The Morgan fingerprint density at radius 1 is 1.30 bits per heavy atom. The van der Waals surface area contributed by atoms with Crippen LogP contribution in [0.15, 0.2) is 6.20 Å². The molecule has 0 saturated carbocycles. The Morgan fingerprint density at radius 3 is 2.75 bits per heavy atom. The number of nitrogens with zero attached hydrogens (tertiary/aromatic N) is 4. The van der Waals surface area contributed by atoms with Crippen LogP contribution in [0, 0.1) is 0 Å². The summed E-state index contributed by atoms with van der Waals surface area (Å²) in [7, 11) is 0. The molecule has 2 fully saturated rings. The van der Waals surface area contributed by atoms with Crippen LogP contribution in [0.1, 0.15) is 32.4 Å². The second-order valence-corrected chi connectivity index (χ2v) is 6.23. The van der Waals surface area contributed by atoms with Crippen LogP contribution in [0.3, 0.4) is 0 Å². The minimum atomic E-state index is 0.468. The molecule has 1 aromatic heterocycles. The van der Waals surface area contributed by atoms with E-state index < -0.39 is 0 Å². The van der Waals surface area contributed by atoms with Gasteiger partial charge in [0.25, 0.3) is 0 Å². The second kappa shape index (κ2) is 6.20. The molecular weight excluding hydrogens is 254 g/mol. The molecular formula is C14H25N5O. The smallest absolute Gasteiger partial charge is 0.0964 e. The van der Waals surface area contributed by atoms with Crippen molar-refractivity contribution in [1.82, 2.24) is 25.2 Å². The van der Waals surface area contributed by atoms with Gasteiger partial charge in [0.15, 0.2) is 0 Å². The lowest BCUT2D eigenvalue weighted by molar-refractivity contribution is -0.0392. The number of morpholine rings is 1. The van der Waals surface area contributed by atoms with Gasteiger partial charge in [0.2, 0.25) is 0 Å². The first kappa shape index (κ1) is 14.0. The third-order valence-electron chi connectivity index (χ3n) is 4.04. The molecule has 2 aliphatic heterocycles. The fourth-order valence-electron chi connectivity index (χ4n) is 2.96. The summed E-state index contributed by atoms with van der Waals surface area (Å²) in [6.45, 7) is 9.17. The molecule has 2 saturated heterocycles. The van der Waals surface area contributed by atoms with Crippen molar-refractivity contribution in [2.45, 2.75) is 58.0 Å². The van der Waals surface area contributed by atoms with E-state index in [4.69, 9.17) is 4.74 Å². The van der Waals surface area contributed by atoms with E-state index in [2.05, 4.69) is 34.4 Å². The van der Waals surface area contributed by atoms with E-state index in [1.54, 1.807) is 0 Å². The molecule has 112 valence electrons. The predicted octanol–water partition coefficient (Wildman–Crippen LogP) is 0.639. The highest BCUT2D eigenvalue weighted by Crippen LogP contribution is 2.25. The first-order chi connectivity index (χ1) is 9.69. The van der Waals surface area contributed by atoms with E-state index in [1.165, 1.54) is 12.8 Å². The number of aromatic nitrogens is 3. The molecule has 1 aromatic rings. The minimum Gasteiger partial charge on any atom is -0.372 e. The van der Waals surface area contributed by atoms with Crippen LogP contribution in [0.5, 0.6) is 0 Å². The maximum Gasteiger partial charge on any atom is 0.0964 e. The number of nitrogens with one attached hydrogen (secondary N) is 1. The fraction of sp³-hybridized carbons (Fsp3) is 0.857. The van der Waals surface area contributed by atoms with E-state index in [1.807, 2.05) is 10.9 Å². The quantitative estimate of drug-likeness (QED) is 0.828. The molecule has 6 heteroatoms. The van der Waals surface area contributed by atoms with Crippen LogP contribution in [0.25, 0.3) is 0 Å². The summed E-state index contributed by atoms with van der Waals surface area (Å²) < 4.78 is 7.81. The Bertz CT molecular complexity index is 421. The monoisotopic (exact) mass is 279 g/mol. The molecule has 0 amide bonds. The average Bonchev–Trinajstić information content (AvgIpc) is 3.01. The summed E-state index contributed by atoms with van der Waals surface area (Å²) >= 11 is 0. The molecule has 0 aliphatic carbocycles. The predicted molar refractivity (Wildman–Crippen MR) is 76.3 cm³/mol. The van der Waals surface area contributed by atoms with E-state index in [0.29, 0.717) is 18.2 Å². The molecule has 2 atom stereocenters. The van der Waals surface area contributed by atoms with Gasteiger partial charge < -0.3 is 10.1 Å². The van der Waals surface area contributed by atoms with E-state index in [9.17, 15) is 0 Å². The van der Waals surface area contributed by atoms with Crippen LogP contribution in [-0.2, 0) is 17.8 Å². The lowest BCUT2D eigenvalue weighted by Gasteiger charge is -2.31. The van der Waals surface area contributed by atoms with Gasteiger partial charge in [-0.3, -0.25) is 9.58 Å². The zero-order valence-corrected chi connectivity index (χ0v) is 12.5. The van der Waals surface area contributed by atoms with Crippen molar-refractivity contribution in [2.24, 2.45) is 0 Å². The molecule has 0 spiro atoms. The van der Waals surface area contributed by atoms with Crippen LogP contribution in [-0.4, -0.2) is 57.8 Å². The first-order valence-corrected chi connectivity index (χ1v) is 7.69. The third-order valence-corrected chi connectivity index (χ3v) is 4.04. The van der Waals surface area contributed by atoms with E-state index >= 15 is 0 Å². The average molecular weight is 279 g/mol. The lowest BCUT2D eigenvalue weighted by Crippen LogP contribution is -2.43. The molecule has 2 bridgehead atoms. The van der Waals surface area contributed by atoms with Gasteiger partial charge in [-0.25, -0.2) is 0 Å². The highest BCUT2D eigenvalue weighted by atomic mass is 16.5. The van der Waals surface area contributed by atoms with Crippen LogP contribution in [0.2, 0.25) is 0 Å². The summed E-state index contributed by atoms with van der Waals surface area (Å²) in [5, 5.41) is 11.8. The van der Waals surface area contributed by atoms with E-state index in [0.717, 1.165) is 38.4 Å².